The van der Waals surface area contributed by atoms with E-state index in [4.69, 9.17) is 0 Å². The van der Waals surface area contributed by atoms with Gasteiger partial charge in [-0.05, 0) is 13.8 Å². The number of thioether (sulfide) groups is 1. The third kappa shape index (κ3) is 1.96. The lowest BCUT2D eigenvalue weighted by molar-refractivity contribution is 0.0771. The van der Waals surface area contributed by atoms with E-state index < -0.39 is 0 Å². The average Bonchev–Trinajstić information content (AvgIpc) is 2.54. The molecule has 5 heteroatoms. The molecule has 0 N–H and O–H groups in total. The Balaban J connectivity index is 2.25. The summed E-state index contributed by atoms with van der Waals surface area (Å²) in [5, 5.41) is 4.29. The number of amides is 1. The molecule has 0 spiro atoms. The van der Waals surface area contributed by atoms with Gasteiger partial charge in [-0.2, -0.15) is 16.9 Å². The van der Waals surface area contributed by atoms with Gasteiger partial charge in [0, 0.05) is 37.3 Å². The number of nitrogens with zero attached hydrogens (tertiary/aromatic N) is 3. The largest absolute Gasteiger partial charge is 0.337 e. The molecule has 4 nitrogen and oxygen atoms in total. The van der Waals surface area contributed by atoms with E-state index in [-0.39, 0.29) is 5.91 Å². The van der Waals surface area contributed by atoms with Gasteiger partial charge in [0.25, 0.3) is 5.91 Å². The molecule has 2 heterocycles. The van der Waals surface area contributed by atoms with Gasteiger partial charge in [0.2, 0.25) is 0 Å². The minimum absolute atomic E-state index is 0.142. The molecule has 1 aromatic heterocycles. The maximum atomic E-state index is 12.3. The molecule has 0 unspecified atom stereocenters. The smallest absolute Gasteiger partial charge is 0.257 e. The maximum Gasteiger partial charge on any atom is 0.257 e. The summed E-state index contributed by atoms with van der Waals surface area (Å²) in [5.41, 5.74) is 2.58. The van der Waals surface area contributed by atoms with Crippen molar-refractivity contribution in [2.24, 2.45) is 7.05 Å². The van der Waals surface area contributed by atoms with E-state index in [0.29, 0.717) is 0 Å². The van der Waals surface area contributed by atoms with Crippen molar-refractivity contribution in [2.75, 3.05) is 24.6 Å². The van der Waals surface area contributed by atoms with Gasteiger partial charge in [-0.3, -0.25) is 9.48 Å². The van der Waals surface area contributed by atoms with Gasteiger partial charge in [0.1, 0.15) is 0 Å². The van der Waals surface area contributed by atoms with Crippen LogP contribution in [0.15, 0.2) is 0 Å². The highest BCUT2D eigenvalue weighted by molar-refractivity contribution is 7.99. The molecule has 0 radical (unpaired) electrons. The zero-order valence-corrected chi connectivity index (χ0v) is 10.8. The van der Waals surface area contributed by atoms with Crippen molar-refractivity contribution in [3.8, 4) is 0 Å². The Morgan fingerprint density at radius 1 is 1.31 bits per heavy atom. The summed E-state index contributed by atoms with van der Waals surface area (Å²) in [4.78, 5) is 14.3. The highest BCUT2D eigenvalue weighted by Gasteiger charge is 2.24. The fourth-order valence-electron chi connectivity index (χ4n) is 2.01. The molecule has 0 saturated carbocycles. The first-order valence-corrected chi connectivity index (χ1v) is 6.64. The normalized spacial score (nSPS) is 16.6. The van der Waals surface area contributed by atoms with Crippen molar-refractivity contribution in [3.05, 3.63) is 17.0 Å². The maximum absolute atomic E-state index is 12.3. The number of carbonyl (C=O) groups excluding carboxylic acids is 1. The Kier molecular flexibility index (Phi) is 3.23. The van der Waals surface area contributed by atoms with Crippen LogP contribution in [0.5, 0.6) is 0 Å². The predicted octanol–water partition coefficient (Wildman–Crippen LogP) is 1.23. The number of hydrogen-bond acceptors (Lipinski definition) is 3. The van der Waals surface area contributed by atoms with Crippen molar-refractivity contribution in [1.29, 1.82) is 0 Å². The molecule has 16 heavy (non-hydrogen) atoms. The Morgan fingerprint density at radius 3 is 2.44 bits per heavy atom. The number of hydrogen-bond donors (Lipinski definition) is 0. The molecule has 1 aliphatic heterocycles. The summed E-state index contributed by atoms with van der Waals surface area (Å²) in [6.07, 6.45) is 0. The van der Waals surface area contributed by atoms with Gasteiger partial charge in [0.15, 0.2) is 0 Å². The second-order valence-corrected chi connectivity index (χ2v) is 5.30. The van der Waals surface area contributed by atoms with E-state index in [1.807, 2.05) is 37.6 Å². The third-order valence-electron chi connectivity index (χ3n) is 3.02. The fourth-order valence-corrected chi connectivity index (χ4v) is 2.91. The predicted molar refractivity (Wildman–Crippen MR) is 65.9 cm³/mol. The molecule has 0 aliphatic carbocycles. The van der Waals surface area contributed by atoms with Gasteiger partial charge in [-0.15, -0.1) is 0 Å². The fraction of sp³-hybridized carbons (Fsp3) is 0.636. The molecular weight excluding hydrogens is 222 g/mol. The second kappa shape index (κ2) is 4.49. The number of carbonyl (C=O) groups is 1. The molecule has 1 saturated heterocycles. The molecule has 1 aromatic rings. The van der Waals surface area contributed by atoms with E-state index in [1.165, 1.54) is 0 Å². The van der Waals surface area contributed by atoms with Gasteiger partial charge in [-0.1, -0.05) is 0 Å². The molecule has 0 atom stereocenters. The lowest BCUT2D eigenvalue weighted by atomic mass is 10.1. The minimum atomic E-state index is 0.142. The summed E-state index contributed by atoms with van der Waals surface area (Å²) in [6, 6.07) is 0. The molecule has 0 aromatic carbocycles. The van der Waals surface area contributed by atoms with E-state index in [9.17, 15) is 4.79 Å². The van der Waals surface area contributed by atoms with Crippen LogP contribution in [0.25, 0.3) is 0 Å². The van der Waals surface area contributed by atoms with Crippen molar-refractivity contribution < 1.29 is 4.79 Å². The lowest BCUT2D eigenvalue weighted by Crippen LogP contribution is -2.38. The zero-order chi connectivity index (χ0) is 11.7. The number of rotatable bonds is 1. The quantitative estimate of drug-likeness (QED) is 0.739. The van der Waals surface area contributed by atoms with Crippen LogP contribution >= 0.6 is 11.8 Å². The van der Waals surface area contributed by atoms with Gasteiger partial charge in [0.05, 0.1) is 11.3 Å². The first kappa shape index (κ1) is 11.5. The molecular formula is C11H17N3OS. The van der Waals surface area contributed by atoms with E-state index >= 15 is 0 Å². The van der Waals surface area contributed by atoms with E-state index in [2.05, 4.69) is 5.10 Å². The first-order valence-electron chi connectivity index (χ1n) is 5.48. The van der Waals surface area contributed by atoms with Crippen LogP contribution in [0, 0.1) is 13.8 Å². The van der Waals surface area contributed by atoms with Crippen LogP contribution in [0.4, 0.5) is 0 Å². The molecule has 1 fully saturated rings. The summed E-state index contributed by atoms with van der Waals surface area (Å²) < 4.78 is 1.78. The highest BCUT2D eigenvalue weighted by Crippen LogP contribution is 2.17. The summed E-state index contributed by atoms with van der Waals surface area (Å²) >= 11 is 1.91. The molecule has 2 rings (SSSR count). The lowest BCUT2D eigenvalue weighted by Gasteiger charge is -2.26. The Morgan fingerprint density at radius 2 is 1.94 bits per heavy atom. The van der Waals surface area contributed by atoms with Gasteiger partial charge < -0.3 is 4.90 Å². The summed E-state index contributed by atoms with van der Waals surface area (Å²) in [6.45, 7) is 5.57. The van der Waals surface area contributed by atoms with Gasteiger partial charge >= 0.3 is 0 Å². The third-order valence-corrected chi connectivity index (χ3v) is 3.96. The summed E-state index contributed by atoms with van der Waals surface area (Å²) in [5.74, 6) is 2.23. The number of aryl methyl sites for hydroxylation is 2. The monoisotopic (exact) mass is 239 g/mol. The van der Waals surface area contributed by atoms with Crippen LogP contribution in [-0.2, 0) is 7.05 Å². The zero-order valence-electron chi connectivity index (χ0n) is 9.99. The minimum Gasteiger partial charge on any atom is -0.337 e. The standard InChI is InChI=1S/C11H17N3OS/c1-8-10(9(2)13(3)12-8)11(15)14-4-6-16-7-5-14/h4-7H2,1-3H3. The molecule has 88 valence electrons. The highest BCUT2D eigenvalue weighted by atomic mass is 32.2. The summed E-state index contributed by atoms with van der Waals surface area (Å²) in [7, 11) is 1.88. The van der Waals surface area contributed by atoms with Crippen LogP contribution in [0.2, 0.25) is 0 Å². The Bertz CT molecular complexity index is 408. The SMILES string of the molecule is Cc1nn(C)c(C)c1C(=O)N1CCSCC1. The van der Waals surface area contributed by atoms with Crippen LogP contribution in [0.3, 0.4) is 0 Å². The second-order valence-electron chi connectivity index (χ2n) is 4.07. The topological polar surface area (TPSA) is 38.1 Å². The van der Waals surface area contributed by atoms with E-state index in [1.54, 1.807) is 4.68 Å². The molecule has 1 aliphatic rings. The van der Waals surface area contributed by atoms with Crippen molar-refractivity contribution in [1.82, 2.24) is 14.7 Å². The van der Waals surface area contributed by atoms with Crippen molar-refractivity contribution in [3.63, 3.8) is 0 Å². The first-order chi connectivity index (χ1) is 7.61. The number of aromatic nitrogens is 2. The van der Waals surface area contributed by atoms with E-state index in [0.717, 1.165) is 41.5 Å². The van der Waals surface area contributed by atoms with Crippen LogP contribution < -0.4 is 0 Å². The average molecular weight is 239 g/mol. The Labute approximate surface area is 100.0 Å². The Hall–Kier alpha value is -0.970. The van der Waals surface area contributed by atoms with Crippen molar-refractivity contribution in [2.45, 2.75) is 13.8 Å². The van der Waals surface area contributed by atoms with Crippen molar-refractivity contribution >= 4 is 17.7 Å². The van der Waals surface area contributed by atoms with Gasteiger partial charge in [-0.25, -0.2) is 0 Å². The van der Waals surface area contributed by atoms with Crippen LogP contribution in [-0.4, -0.2) is 45.2 Å². The van der Waals surface area contributed by atoms with Crippen LogP contribution in [0.1, 0.15) is 21.7 Å². The molecule has 1 amide bonds. The molecule has 0 bridgehead atoms.